The van der Waals surface area contributed by atoms with Crippen molar-refractivity contribution in [1.29, 1.82) is 0 Å². The van der Waals surface area contributed by atoms with Gasteiger partial charge in [-0.05, 0) is 61.1 Å². The van der Waals surface area contributed by atoms with Crippen LogP contribution in [0.1, 0.15) is 24.1 Å². The van der Waals surface area contributed by atoms with Crippen LogP contribution < -0.4 is 14.7 Å². The van der Waals surface area contributed by atoms with Crippen LogP contribution in [0.2, 0.25) is 0 Å². The Morgan fingerprint density at radius 3 is 2.06 bits per heavy atom. The van der Waals surface area contributed by atoms with Gasteiger partial charge in [0, 0.05) is 53.3 Å². The molecular weight excluding hydrogens is 615 g/mol. The smallest absolute Gasteiger partial charge is 0.160 e. The summed E-state index contributed by atoms with van der Waals surface area (Å²) in [6, 6.07) is 53.8. The maximum Gasteiger partial charge on any atom is 0.160 e. The maximum atomic E-state index is 5.33. The minimum absolute atomic E-state index is 0.763. The molecule has 0 radical (unpaired) electrons. The molecule has 2 heterocycles. The van der Waals surface area contributed by atoms with Crippen molar-refractivity contribution in [2.45, 2.75) is 19.8 Å². The van der Waals surface area contributed by atoms with Crippen molar-refractivity contribution in [2.24, 2.45) is 0 Å². The quantitative estimate of drug-likeness (QED) is 0.180. The summed E-state index contributed by atoms with van der Waals surface area (Å²) in [6.07, 6.45) is 4.33. The number of nitrogens with zero attached hydrogens (tertiary/aromatic N) is 3. The highest BCUT2D eigenvalue weighted by molar-refractivity contribution is 7.17. The summed E-state index contributed by atoms with van der Waals surface area (Å²) in [6.45, 7) is 2.19. The molecule has 1 aliphatic rings. The second-order valence-electron chi connectivity index (χ2n) is 12.5. The van der Waals surface area contributed by atoms with Gasteiger partial charge in [-0.3, -0.25) is 0 Å². The van der Waals surface area contributed by atoms with Crippen molar-refractivity contribution in [3.8, 4) is 22.6 Å². The molecule has 0 saturated carbocycles. The molecule has 1 aliphatic carbocycles. The molecule has 0 N–H and O–H groups in total. The third-order valence-corrected chi connectivity index (χ3v) is 10.7. The number of benzene rings is 6. The standard InChI is InChI=1S/C45H33N3S/c1-30-43(32-16-5-2-6-17-32)46-45(33-18-7-3-8-19-33)47-44(30)38-24-14-26-40-42(38)37-28-27-35(29-41(37)49-40)48(34-21-9-4-10-22-34)39-25-13-20-31-15-11-12-23-36(31)39/h2-13,15-23,25-29H,14,24H2,1H3. The van der Waals surface area contributed by atoms with Gasteiger partial charge in [0.05, 0.1) is 17.1 Å². The fourth-order valence-electron chi connectivity index (χ4n) is 7.22. The highest BCUT2D eigenvalue weighted by atomic mass is 32.1. The van der Waals surface area contributed by atoms with Gasteiger partial charge >= 0.3 is 0 Å². The van der Waals surface area contributed by atoms with E-state index in [1.54, 1.807) is 0 Å². The zero-order valence-corrected chi connectivity index (χ0v) is 28.0. The van der Waals surface area contributed by atoms with Crippen LogP contribution >= 0.6 is 11.3 Å². The van der Waals surface area contributed by atoms with Crippen LogP contribution in [0.4, 0.5) is 17.1 Å². The van der Waals surface area contributed by atoms with Crippen LogP contribution in [0.15, 0.2) is 152 Å². The van der Waals surface area contributed by atoms with Gasteiger partial charge in [-0.2, -0.15) is 0 Å². The monoisotopic (exact) mass is 647 g/mol. The number of fused-ring (bicyclic) bond motifs is 4. The molecule has 9 rings (SSSR count). The Morgan fingerprint density at radius 2 is 1.27 bits per heavy atom. The summed E-state index contributed by atoms with van der Waals surface area (Å²) in [4.78, 5) is 12.9. The summed E-state index contributed by atoms with van der Waals surface area (Å²) >= 11 is 1.88. The molecule has 0 spiro atoms. The highest BCUT2D eigenvalue weighted by Crippen LogP contribution is 2.40. The molecule has 0 aliphatic heterocycles. The normalized spacial score (nSPS) is 12.6. The van der Waals surface area contributed by atoms with Crippen molar-refractivity contribution in [3.05, 3.63) is 173 Å². The van der Waals surface area contributed by atoms with Gasteiger partial charge < -0.3 is 4.90 Å². The van der Waals surface area contributed by atoms with Crippen molar-refractivity contribution in [1.82, 2.24) is 9.97 Å². The van der Waals surface area contributed by atoms with E-state index in [0.29, 0.717) is 0 Å². The molecule has 4 heteroatoms. The Kier molecular flexibility index (Phi) is 7.37. The largest absolute Gasteiger partial charge is 0.310 e. The second kappa shape index (κ2) is 12.3. The molecule has 0 fully saturated rings. The third-order valence-electron chi connectivity index (χ3n) is 9.52. The molecule has 0 atom stereocenters. The number of para-hydroxylation sites is 1. The summed E-state index contributed by atoms with van der Waals surface area (Å²) in [5, 5.41) is 5.05. The minimum atomic E-state index is 0.763. The lowest BCUT2D eigenvalue weighted by Crippen LogP contribution is -2.26. The highest BCUT2D eigenvalue weighted by Gasteiger charge is 2.22. The second-order valence-corrected chi connectivity index (χ2v) is 13.6. The van der Waals surface area contributed by atoms with Crippen molar-refractivity contribution < 1.29 is 0 Å². The molecule has 0 bridgehead atoms. The molecule has 0 saturated heterocycles. The zero-order valence-electron chi connectivity index (χ0n) is 27.2. The van der Waals surface area contributed by atoms with Gasteiger partial charge in [0.15, 0.2) is 5.82 Å². The summed E-state index contributed by atoms with van der Waals surface area (Å²) in [7, 11) is 0. The number of hydrogen-bond donors (Lipinski definition) is 0. The van der Waals surface area contributed by atoms with Gasteiger partial charge in [-0.15, -0.1) is 11.3 Å². The average Bonchev–Trinajstić information content (AvgIpc) is 3.55. The molecule has 6 aromatic carbocycles. The van der Waals surface area contributed by atoms with Crippen LogP contribution in [-0.2, 0) is 0 Å². The first-order valence-electron chi connectivity index (χ1n) is 16.8. The molecule has 3 nitrogen and oxygen atoms in total. The van der Waals surface area contributed by atoms with E-state index in [4.69, 9.17) is 9.97 Å². The lowest BCUT2D eigenvalue weighted by atomic mass is 9.93. The van der Waals surface area contributed by atoms with Gasteiger partial charge in [0.1, 0.15) is 0 Å². The van der Waals surface area contributed by atoms with Gasteiger partial charge in [0.25, 0.3) is 0 Å². The van der Waals surface area contributed by atoms with Crippen LogP contribution in [0.3, 0.4) is 0 Å². The molecule has 8 aromatic rings. The zero-order chi connectivity index (χ0) is 32.7. The van der Waals surface area contributed by atoms with E-state index in [-0.39, 0.29) is 0 Å². The molecule has 0 amide bonds. The van der Waals surface area contributed by atoms with E-state index in [0.717, 1.165) is 58.1 Å². The lowest BCUT2D eigenvalue weighted by molar-refractivity contribution is 1.04. The van der Waals surface area contributed by atoms with Crippen molar-refractivity contribution in [2.75, 3.05) is 4.90 Å². The minimum Gasteiger partial charge on any atom is -0.310 e. The van der Waals surface area contributed by atoms with Crippen LogP contribution in [0.5, 0.6) is 0 Å². The van der Waals surface area contributed by atoms with Crippen LogP contribution in [0, 0.1) is 6.92 Å². The molecular formula is C45H33N3S. The van der Waals surface area contributed by atoms with E-state index in [1.165, 1.54) is 41.9 Å². The molecule has 49 heavy (non-hydrogen) atoms. The first-order chi connectivity index (χ1) is 24.2. The fourth-order valence-corrected chi connectivity index (χ4v) is 8.45. The SMILES string of the molecule is Cc1c(C2=c3c(sc4cc(N(c5ccccc5)c5cccc6ccccc56)ccc34)=CCC2)nc(-c2ccccc2)nc1-c1ccccc1. The van der Waals surface area contributed by atoms with E-state index in [9.17, 15) is 0 Å². The van der Waals surface area contributed by atoms with E-state index in [2.05, 4.69) is 163 Å². The first-order valence-corrected chi connectivity index (χ1v) is 17.6. The van der Waals surface area contributed by atoms with E-state index >= 15 is 0 Å². The number of thiophene rings is 1. The van der Waals surface area contributed by atoms with Gasteiger partial charge in [0.2, 0.25) is 0 Å². The van der Waals surface area contributed by atoms with Crippen molar-refractivity contribution >= 4 is 60.9 Å². The summed E-state index contributed by atoms with van der Waals surface area (Å²) in [5.74, 6) is 0.763. The Balaban J connectivity index is 1.27. The maximum absolute atomic E-state index is 5.33. The number of hydrogen-bond acceptors (Lipinski definition) is 4. The predicted octanol–water partition coefficient (Wildman–Crippen LogP) is 10.7. The molecule has 0 unspecified atom stereocenters. The van der Waals surface area contributed by atoms with E-state index in [1.807, 2.05) is 17.4 Å². The lowest BCUT2D eigenvalue weighted by Gasteiger charge is -2.27. The Bertz CT molecular complexity index is 2600. The fraction of sp³-hybridized carbons (Fsp3) is 0.0667. The number of rotatable bonds is 6. The van der Waals surface area contributed by atoms with Gasteiger partial charge in [-0.1, -0.05) is 127 Å². The van der Waals surface area contributed by atoms with E-state index < -0.39 is 0 Å². The van der Waals surface area contributed by atoms with Crippen LogP contribution in [0.25, 0.3) is 55.2 Å². The number of aromatic nitrogens is 2. The predicted molar refractivity (Wildman–Crippen MR) is 207 cm³/mol. The molecule has 234 valence electrons. The summed E-state index contributed by atoms with van der Waals surface area (Å²) in [5.41, 5.74) is 10.0. The Hall–Kier alpha value is -5.84. The third kappa shape index (κ3) is 5.22. The Labute approximate surface area is 289 Å². The summed E-state index contributed by atoms with van der Waals surface area (Å²) < 4.78 is 2.60. The topological polar surface area (TPSA) is 29.0 Å². The Morgan fingerprint density at radius 1 is 0.592 bits per heavy atom. The van der Waals surface area contributed by atoms with Gasteiger partial charge in [-0.25, -0.2) is 9.97 Å². The average molecular weight is 648 g/mol. The van der Waals surface area contributed by atoms with Crippen LogP contribution in [-0.4, -0.2) is 9.97 Å². The first kappa shape index (κ1) is 29.3. The number of anilines is 3. The van der Waals surface area contributed by atoms with Crippen molar-refractivity contribution in [3.63, 3.8) is 0 Å². The molecule has 2 aromatic heterocycles.